The highest BCUT2D eigenvalue weighted by atomic mass is 32.2. The van der Waals surface area contributed by atoms with Crippen molar-refractivity contribution < 1.29 is 24.4 Å². The van der Waals surface area contributed by atoms with Gasteiger partial charge in [0.1, 0.15) is 11.6 Å². The number of nitrogens with one attached hydrogen (secondary N) is 1. The van der Waals surface area contributed by atoms with E-state index in [1.54, 1.807) is 6.92 Å². The molecule has 2 N–H and O–H groups in total. The van der Waals surface area contributed by atoms with Crippen molar-refractivity contribution in [2.75, 3.05) is 0 Å². The molecule has 0 saturated carbocycles. The number of aromatic amines is 1. The van der Waals surface area contributed by atoms with Crippen LogP contribution in [0.4, 0.5) is 0 Å². The first-order chi connectivity index (χ1) is 14.8. The summed E-state index contributed by atoms with van der Waals surface area (Å²) in [5, 5.41) is 35.9. The molecule has 5 rings (SSSR count). The zero-order chi connectivity index (χ0) is 21.9. The fourth-order valence-electron chi connectivity index (χ4n) is 4.04. The summed E-state index contributed by atoms with van der Waals surface area (Å²) in [5.74, 6) is -2.30. The summed E-state index contributed by atoms with van der Waals surface area (Å²) in [6.07, 6.45) is 4.13. The minimum Gasteiger partial charge on any atom is -0.543 e. The predicted octanol–water partition coefficient (Wildman–Crippen LogP) is -0.391. The Labute approximate surface area is 189 Å². The summed E-state index contributed by atoms with van der Waals surface area (Å²) in [7, 11) is 0. The molecule has 3 aliphatic rings. The number of thioether (sulfide) groups is 3. The van der Waals surface area contributed by atoms with E-state index < -0.39 is 18.0 Å². The van der Waals surface area contributed by atoms with Crippen LogP contribution in [-0.4, -0.2) is 58.6 Å². The van der Waals surface area contributed by atoms with Crippen LogP contribution in [0.5, 0.6) is 0 Å². The van der Waals surface area contributed by atoms with E-state index in [9.17, 15) is 19.8 Å². The second-order valence-corrected chi connectivity index (χ2v) is 11.4. The quantitative estimate of drug-likeness (QED) is 0.305. The monoisotopic (exact) mass is 481 g/mol. The highest BCUT2D eigenvalue weighted by Gasteiger charge is 2.56. The van der Waals surface area contributed by atoms with Crippen LogP contribution in [-0.2, 0) is 16.1 Å². The molecular weight excluding hydrogens is 462 g/mol. The van der Waals surface area contributed by atoms with Crippen molar-refractivity contribution in [2.45, 2.75) is 54.1 Å². The number of rotatable bonds is 7. The second kappa shape index (κ2) is 7.83. The number of aliphatic hydroxyl groups excluding tert-OH is 1. The first-order valence-corrected chi connectivity index (χ1v) is 12.3. The number of tetrazole rings is 1. The molecular formula is C17H19N7O4S3. The number of nitrogens with zero attached hydrogens (tertiary/aromatic N) is 6. The maximum atomic E-state index is 12.4. The summed E-state index contributed by atoms with van der Waals surface area (Å²) >= 11 is 4.28. The van der Waals surface area contributed by atoms with E-state index in [0.717, 1.165) is 18.7 Å². The number of carbonyl (C=O) groups excluding carboxylic acids is 2. The van der Waals surface area contributed by atoms with Crippen LogP contribution in [0.1, 0.15) is 36.6 Å². The maximum Gasteiger partial charge on any atom is 0.244 e. The van der Waals surface area contributed by atoms with Crippen molar-refractivity contribution in [3.05, 3.63) is 28.2 Å². The number of imidazole rings is 1. The normalized spacial score (nSPS) is 26.6. The lowest BCUT2D eigenvalue weighted by molar-refractivity contribution is -0.690. The fraction of sp³-hybridized carbons (Fsp3) is 0.529. The predicted molar refractivity (Wildman–Crippen MR) is 110 cm³/mol. The van der Waals surface area contributed by atoms with Gasteiger partial charge >= 0.3 is 0 Å². The molecule has 0 spiro atoms. The Bertz CT molecular complexity index is 1070. The van der Waals surface area contributed by atoms with Crippen LogP contribution >= 0.6 is 35.3 Å². The van der Waals surface area contributed by atoms with Gasteiger partial charge in [-0.2, -0.15) is 0 Å². The fourth-order valence-corrected chi connectivity index (χ4v) is 8.05. The van der Waals surface area contributed by atoms with Crippen LogP contribution in [0.2, 0.25) is 0 Å². The Kier molecular flexibility index (Phi) is 5.27. The van der Waals surface area contributed by atoms with Crippen molar-refractivity contribution in [1.82, 2.24) is 30.1 Å². The Morgan fingerprint density at radius 2 is 2.29 bits per heavy atom. The minimum atomic E-state index is -1.36. The molecule has 11 nitrogen and oxygen atoms in total. The van der Waals surface area contributed by atoms with E-state index in [2.05, 4.69) is 36.0 Å². The number of aliphatic hydroxyl groups is 1. The van der Waals surface area contributed by atoms with Gasteiger partial charge in [-0.1, -0.05) is 11.8 Å². The molecule has 0 aliphatic carbocycles. The minimum absolute atomic E-state index is 0.0565. The molecule has 1 saturated heterocycles. The number of aromatic nitrogens is 6. The molecule has 1 fully saturated rings. The molecule has 3 unspecified atom stereocenters. The number of hydrogen-bond acceptors (Lipinski definition) is 10. The SMILES string of the molecule is CC(O)[C@H]1C(=O)N2C(C(=O)[O-])=C(SC3CC[n+]4cn(C(C)Sc5nnn[nH]5)cc43)S[C@H]12. The third-order valence-corrected chi connectivity index (χ3v) is 9.46. The topological polar surface area (TPSA) is 144 Å². The average Bonchev–Trinajstić information content (AvgIpc) is 3.46. The van der Waals surface area contributed by atoms with Gasteiger partial charge in [-0.25, -0.2) is 14.2 Å². The van der Waals surface area contributed by atoms with Crippen molar-refractivity contribution in [2.24, 2.45) is 5.92 Å². The van der Waals surface area contributed by atoms with Crippen molar-refractivity contribution in [3.8, 4) is 0 Å². The largest absolute Gasteiger partial charge is 0.543 e. The number of aryl methyl sites for hydroxylation is 1. The maximum absolute atomic E-state index is 12.4. The Balaban J connectivity index is 1.35. The van der Waals surface area contributed by atoms with Gasteiger partial charge in [0.05, 0.1) is 39.7 Å². The van der Waals surface area contributed by atoms with Gasteiger partial charge in [0.15, 0.2) is 11.1 Å². The molecule has 2 aromatic rings. The number of carboxylic acids is 1. The molecule has 1 amide bonds. The average molecular weight is 482 g/mol. The van der Waals surface area contributed by atoms with Crippen LogP contribution < -0.4 is 9.67 Å². The van der Waals surface area contributed by atoms with E-state index in [-0.39, 0.29) is 27.6 Å². The molecule has 5 atom stereocenters. The number of amides is 1. The first-order valence-electron chi connectivity index (χ1n) is 9.66. The Hall–Kier alpha value is -2.03. The molecule has 5 heterocycles. The van der Waals surface area contributed by atoms with Gasteiger partial charge in [-0.3, -0.25) is 9.69 Å². The molecule has 0 aromatic carbocycles. The lowest BCUT2D eigenvalue weighted by Gasteiger charge is -2.44. The van der Waals surface area contributed by atoms with Gasteiger partial charge in [-0.05, 0) is 36.0 Å². The van der Waals surface area contributed by atoms with Crippen LogP contribution in [0.15, 0.2) is 27.6 Å². The summed E-state index contributed by atoms with van der Waals surface area (Å²) in [4.78, 5) is 25.4. The number of aliphatic carboxylic acids is 1. The van der Waals surface area contributed by atoms with Gasteiger partial charge in [0.25, 0.3) is 0 Å². The number of carboxylic acid groups (broad SMARTS) is 1. The molecule has 31 heavy (non-hydrogen) atoms. The van der Waals surface area contributed by atoms with Crippen LogP contribution in [0, 0.1) is 5.92 Å². The number of β-lactam (4-membered cyclic amide) rings is 1. The molecule has 164 valence electrons. The van der Waals surface area contributed by atoms with Gasteiger partial charge < -0.3 is 15.0 Å². The standard InChI is InChI=1S/C17H19N7O4S3/c1-7(25)11-13(26)24-12(15(27)28)16(31-14(11)24)30-10-3-4-22-6-23(5-9(10)22)8(2)29-17-18-20-21-19-17/h5-8,10-11,14,25H,3-4H2,1-2H3,(H-,18,19,20,21,27,28)/t7?,8?,10?,11-,14+/m0/s1. The van der Waals surface area contributed by atoms with Crippen molar-refractivity contribution in [3.63, 3.8) is 0 Å². The van der Waals surface area contributed by atoms with E-state index in [0.29, 0.717) is 9.39 Å². The summed E-state index contributed by atoms with van der Waals surface area (Å²) < 4.78 is 4.80. The zero-order valence-corrected chi connectivity index (χ0v) is 19.0. The zero-order valence-electron chi connectivity index (χ0n) is 16.5. The number of carbonyl (C=O) groups is 2. The van der Waals surface area contributed by atoms with Crippen molar-refractivity contribution >= 4 is 47.2 Å². The lowest BCUT2D eigenvalue weighted by atomic mass is 9.92. The molecule has 0 bridgehead atoms. The highest BCUT2D eigenvalue weighted by Crippen LogP contribution is 2.56. The Morgan fingerprint density at radius 3 is 2.97 bits per heavy atom. The highest BCUT2D eigenvalue weighted by molar-refractivity contribution is 8.22. The number of H-pyrrole nitrogens is 1. The molecule has 0 radical (unpaired) electrons. The van der Waals surface area contributed by atoms with Crippen LogP contribution in [0.3, 0.4) is 0 Å². The first kappa shape index (κ1) is 20.8. The number of hydrogen-bond donors (Lipinski definition) is 2. The van der Waals surface area contributed by atoms with Gasteiger partial charge in [0.2, 0.25) is 17.4 Å². The molecule has 14 heteroatoms. The summed E-state index contributed by atoms with van der Waals surface area (Å²) in [6.45, 7) is 4.42. The Morgan fingerprint density at radius 1 is 1.48 bits per heavy atom. The van der Waals surface area contributed by atoms with Crippen LogP contribution in [0.25, 0.3) is 0 Å². The van der Waals surface area contributed by atoms with E-state index in [1.807, 2.05) is 13.3 Å². The van der Waals surface area contributed by atoms with Crippen molar-refractivity contribution in [1.29, 1.82) is 0 Å². The third kappa shape index (κ3) is 3.45. The summed E-state index contributed by atoms with van der Waals surface area (Å²) in [6, 6.07) is 0. The van der Waals surface area contributed by atoms with Gasteiger partial charge in [0, 0.05) is 6.42 Å². The second-order valence-electron chi connectivity index (χ2n) is 7.54. The lowest BCUT2D eigenvalue weighted by Crippen LogP contribution is -2.61. The number of fused-ring (bicyclic) bond motifs is 2. The van der Waals surface area contributed by atoms with E-state index in [4.69, 9.17) is 0 Å². The van der Waals surface area contributed by atoms with Gasteiger partial charge in [-0.15, -0.1) is 16.9 Å². The van der Waals surface area contributed by atoms with E-state index in [1.165, 1.54) is 40.2 Å². The van der Waals surface area contributed by atoms with E-state index >= 15 is 0 Å². The molecule has 2 aromatic heterocycles. The molecule has 3 aliphatic heterocycles. The summed E-state index contributed by atoms with van der Waals surface area (Å²) in [5.41, 5.74) is 1.02. The smallest absolute Gasteiger partial charge is 0.244 e. The third-order valence-electron chi connectivity index (χ3n) is 5.58.